The number of nitrogens with two attached hydrogens (primary N) is 1. The Morgan fingerprint density at radius 3 is 1.72 bits per heavy atom. The minimum Gasteiger partial charge on any atom is -0.325 e. The zero-order chi connectivity index (χ0) is 14.0. The van der Waals surface area contributed by atoms with Crippen molar-refractivity contribution in [3.63, 3.8) is 0 Å². The molecule has 0 saturated carbocycles. The van der Waals surface area contributed by atoms with E-state index in [0.29, 0.717) is 0 Å². The monoisotopic (exact) mass is 255 g/mol. The van der Waals surface area contributed by atoms with Crippen molar-refractivity contribution in [3.8, 4) is 0 Å². The molecular weight excluding hydrogens is 218 g/mol. The Labute approximate surface area is 116 Å². The maximum absolute atomic E-state index is 6.69. The molecule has 0 aliphatic rings. The fourth-order valence-electron chi connectivity index (χ4n) is 3.40. The van der Waals surface area contributed by atoms with Crippen LogP contribution in [-0.2, 0) is 0 Å². The Hall–Kier alpha value is -0.0400. The quantitative estimate of drug-likeness (QED) is 0.516. The van der Waals surface area contributed by atoms with Crippen LogP contribution in [0.4, 0.5) is 0 Å². The lowest BCUT2D eigenvalue weighted by Gasteiger charge is -2.35. The fourth-order valence-corrected chi connectivity index (χ4v) is 3.40. The summed E-state index contributed by atoms with van der Waals surface area (Å²) in [4.78, 5) is 0. The third kappa shape index (κ3) is 7.41. The molecule has 1 heteroatoms. The Morgan fingerprint density at radius 1 is 0.833 bits per heavy atom. The van der Waals surface area contributed by atoms with E-state index >= 15 is 0 Å². The molecule has 18 heavy (non-hydrogen) atoms. The van der Waals surface area contributed by atoms with E-state index in [0.717, 1.165) is 18.3 Å². The summed E-state index contributed by atoms with van der Waals surface area (Å²) in [6.07, 6.45) is 11.5. The molecule has 110 valence electrons. The highest BCUT2D eigenvalue weighted by Crippen LogP contribution is 2.31. The third-order valence-corrected chi connectivity index (χ3v) is 4.33. The first kappa shape index (κ1) is 18.0. The summed E-state index contributed by atoms with van der Waals surface area (Å²) < 4.78 is 0. The zero-order valence-corrected chi connectivity index (χ0v) is 13.6. The summed E-state index contributed by atoms with van der Waals surface area (Å²) in [7, 11) is 0. The van der Waals surface area contributed by atoms with Gasteiger partial charge in [0.25, 0.3) is 0 Å². The molecule has 2 unspecified atom stereocenters. The summed E-state index contributed by atoms with van der Waals surface area (Å²) in [5.41, 5.74) is 6.78. The second-order valence-corrected chi connectivity index (χ2v) is 6.46. The second kappa shape index (κ2) is 9.83. The topological polar surface area (TPSA) is 26.0 Å². The molecule has 0 heterocycles. The first-order chi connectivity index (χ1) is 8.51. The smallest absolute Gasteiger partial charge is 0.0156 e. The minimum absolute atomic E-state index is 0.0869. The molecular formula is C17H37N. The van der Waals surface area contributed by atoms with Crippen LogP contribution in [0.15, 0.2) is 0 Å². The van der Waals surface area contributed by atoms with E-state index in [1.165, 1.54) is 51.4 Å². The maximum atomic E-state index is 6.69. The highest BCUT2D eigenvalue weighted by molar-refractivity contribution is 4.87. The van der Waals surface area contributed by atoms with Crippen LogP contribution in [-0.4, -0.2) is 5.54 Å². The van der Waals surface area contributed by atoms with E-state index in [1.54, 1.807) is 0 Å². The van der Waals surface area contributed by atoms with Gasteiger partial charge in [-0.25, -0.2) is 0 Å². The Balaban J connectivity index is 4.40. The van der Waals surface area contributed by atoms with E-state index in [4.69, 9.17) is 5.73 Å². The summed E-state index contributed by atoms with van der Waals surface area (Å²) in [6.45, 7) is 11.5. The predicted octanol–water partition coefficient (Wildman–Crippen LogP) is 5.53. The van der Waals surface area contributed by atoms with Crippen LogP contribution in [0.3, 0.4) is 0 Å². The van der Waals surface area contributed by atoms with Crippen LogP contribution in [0.5, 0.6) is 0 Å². The maximum Gasteiger partial charge on any atom is 0.0156 e. The van der Waals surface area contributed by atoms with Crippen molar-refractivity contribution in [1.29, 1.82) is 0 Å². The van der Waals surface area contributed by atoms with Gasteiger partial charge in [0.15, 0.2) is 0 Å². The molecule has 0 amide bonds. The lowest BCUT2D eigenvalue weighted by Crippen LogP contribution is -2.42. The molecule has 1 nitrogen and oxygen atoms in total. The van der Waals surface area contributed by atoms with Crippen molar-refractivity contribution in [3.05, 3.63) is 0 Å². The summed E-state index contributed by atoms with van der Waals surface area (Å²) in [5, 5.41) is 0. The van der Waals surface area contributed by atoms with Crippen molar-refractivity contribution < 1.29 is 0 Å². The molecule has 0 radical (unpaired) electrons. The van der Waals surface area contributed by atoms with Crippen LogP contribution >= 0.6 is 0 Å². The molecule has 0 aliphatic carbocycles. The van der Waals surface area contributed by atoms with Crippen LogP contribution in [0.25, 0.3) is 0 Å². The molecule has 2 atom stereocenters. The molecule has 0 fully saturated rings. The van der Waals surface area contributed by atoms with Crippen LogP contribution in [0, 0.1) is 11.8 Å². The van der Waals surface area contributed by atoms with Gasteiger partial charge in [-0.1, -0.05) is 73.1 Å². The number of hydrogen-bond donors (Lipinski definition) is 1. The lowest BCUT2D eigenvalue weighted by molar-refractivity contribution is 0.232. The third-order valence-electron chi connectivity index (χ3n) is 4.33. The second-order valence-electron chi connectivity index (χ2n) is 6.46. The molecule has 0 saturated heterocycles. The van der Waals surface area contributed by atoms with Crippen molar-refractivity contribution in [2.24, 2.45) is 17.6 Å². The molecule has 0 aliphatic heterocycles. The van der Waals surface area contributed by atoms with E-state index in [1.807, 2.05) is 0 Å². The SMILES string of the molecule is CCCC(C)CC(N)(CC)CC(CCC)CCC. The molecule has 0 aromatic carbocycles. The lowest BCUT2D eigenvalue weighted by atomic mass is 9.76. The molecule has 2 N–H and O–H groups in total. The normalized spacial score (nSPS) is 16.8. The van der Waals surface area contributed by atoms with Crippen LogP contribution in [0.1, 0.15) is 92.4 Å². The van der Waals surface area contributed by atoms with Gasteiger partial charge in [-0.15, -0.1) is 0 Å². The first-order valence-electron chi connectivity index (χ1n) is 8.30. The van der Waals surface area contributed by atoms with E-state index in [-0.39, 0.29) is 5.54 Å². The molecule has 0 aromatic heterocycles. The fraction of sp³-hybridized carbons (Fsp3) is 1.00. The first-order valence-corrected chi connectivity index (χ1v) is 8.30. The average Bonchev–Trinajstić information content (AvgIpc) is 2.29. The van der Waals surface area contributed by atoms with Gasteiger partial charge < -0.3 is 5.73 Å². The van der Waals surface area contributed by atoms with Gasteiger partial charge >= 0.3 is 0 Å². The number of rotatable bonds is 11. The van der Waals surface area contributed by atoms with E-state index < -0.39 is 0 Å². The molecule has 0 rings (SSSR count). The van der Waals surface area contributed by atoms with Crippen molar-refractivity contribution in [2.75, 3.05) is 0 Å². The van der Waals surface area contributed by atoms with Crippen LogP contribution < -0.4 is 5.73 Å². The van der Waals surface area contributed by atoms with Gasteiger partial charge in [0.2, 0.25) is 0 Å². The highest BCUT2D eigenvalue weighted by Gasteiger charge is 2.28. The van der Waals surface area contributed by atoms with Gasteiger partial charge in [-0.2, -0.15) is 0 Å². The average molecular weight is 255 g/mol. The Kier molecular flexibility index (Phi) is 9.81. The predicted molar refractivity (Wildman–Crippen MR) is 83.8 cm³/mol. The molecule has 0 aromatic rings. The van der Waals surface area contributed by atoms with Crippen LogP contribution in [0.2, 0.25) is 0 Å². The highest BCUT2D eigenvalue weighted by atomic mass is 14.7. The van der Waals surface area contributed by atoms with Gasteiger partial charge in [0.05, 0.1) is 0 Å². The summed E-state index contributed by atoms with van der Waals surface area (Å²) in [5.74, 6) is 1.63. The van der Waals surface area contributed by atoms with Gasteiger partial charge in [0.1, 0.15) is 0 Å². The van der Waals surface area contributed by atoms with Crippen molar-refractivity contribution >= 4 is 0 Å². The Bertz CT molecular complexity index is 184. The molecule has 0 spiro atoms. The van der Waals surface area contributed by atoms with Crippen molar-refractivity contribution in [2.45, 2.75) is 97.9 Å². The van der Waals surface area contributed by atoms with Gasteiger partial charge in [0, 0.05) is 5.54 Å². The Morgan fingerprint density at radius 2 is 1.33 bits per heavy atom. The van der Waals surface area contributed by atoms with Gasteiger partial charge in [-0.05, 0) is 31.1 Å². The zero-order valence-electron chi connectivity index (χ0n) is 13.6. The summed E-state index contributed by atoms with van der Waals surface area (Å²) in [6, 6.07) is 0. The largest absolute Gasteiger partial charge is 0.325 e. The molecule has 0 bridgehead atoms. The number of hydrogen-bond acceptors (Lipinski definition) is 1. The van der Waals surface area contributed by atoms with E-state index in [9.17, 15) is 0 Å². The standard InChI is InChI=1S/C17H37N/c1-6-10-15(5)13-17(18,9-4)14-16(11-7-2)12-8-3/h15-16H,6-14,18H2,1-5H3. The van der Waals surface area contributed by atoms with Crippen molar-refractivity contribution in [1.82, 2.24) is 0 Å². The van der Waals surface area contributed by atoms with Gasteiger partial charge in [-0.3, -0.25) is 0 Å². The summed E-state index contributed by atoms with van der Waals surface area (Å²) >= 11 is 0. The van der Waals surface area contributed by atoms with E-state index in [2.05, 4.69) is 34.6 Å². The minimum atomic E-state index is 0.0869.